The predicted molar refractivity (Wildman–Crippen MR) is 103 cm³/mol. The average molecular weight is 388 g/mol. The number of rotatable bonds is 5. The molecule has 0 saturated heterocycles. The van der Waals surface area contributed by atoms with Crippen LogP contribution >= 0.6 is 11.3 Å². The van der Waals surface area contributed by atoms with Crippen LogP contribution in [0.1, 0.15) is 13.3 Å². The highest BCUT2D eigenvalue weighted by Crippen LogP contribution is 2.30. The van der Waals surface area contributed by atoms with E-state index < -0.39 is 0 Å². The molecular weight excluding hydrogens is 370 g/mol. The molecule has 0 unspecified atom stereocenters. The molecule has 0 spiro atoms. The van der Waals surface area contributed by atoms with Gasteiger partial charge in [0.05, 0.1) is 0 Å². The van der Waals surface area contributed by atoms with Gasteiger partial charge in [0.2, 0.25) is 5.13 Å². The number of benzene rings is 2. The summed E-state index contributed by atoms with van der Waals surface area (Å²) in [7, 11) is 1.62. The van der Waals surface area contributed by atoms with E-state index in [-0.39, 0.29) is 17.7 Å². The van der Waals surface area contributed by atoms with Crippen LogP contribution in [0.2, 0.25) is 0 Å². The van der Waals surface area contributed by atoms with E-state index >= 15 is 0 Å². The summed E-state index contributed by atoms with van der Waals surface area (Å²) >= 11 is 1.22. The van der Waals surface area contributed by atoms with Crippen LogP contribution < -0.4 is 9.80 Å². The van der Waals surface area contributed by atoms with Gasteiger partial charge in [0, 0.05) is 24.8 Å². The van der Waals surface area contributed by atoms with Gasteiger partial charge in [0.1, 0.15) is 16.6 Å². The summed E-state index contributed by atoms with van der Waals surface area (Å²) in [6.45, 7) is 2.40. The number of halogens is 2. The Morgan fingerprint density at radius 2 is 1.81 bits per heavy atom. The Kier molecular flexibility index (Phi) is 5.75. The number of anilines is 2. The maximum absolute atomic E-state index is 13.4. The molecule has 0 aliphatic heterocycles. The first kappa shape index (κ1) is 18.9. The van der Waals surface area contributed by atoms with E-state index in [9.17, 15) is 13.6 Å². The molecule has 1 heterocycles. The lowest BCUT2D eigenvalue weighted by molar-refractivity contribution is 0.252. The number of amides is 2. The molecule has 27 heavy (non-hydrogen) atoms. The van der Waals surface area contributed by atoms with Crippen LogP contribution in [0.4, 0.5) is 24.4 Å². The Labute approximate surface area is 159 Å². The Morgan fingerprint density at radius 1 is 1.07 bits per heavy atom. The van der Waals surface area contributed by atoms with Gasteiger partial charge in [-0.2, -0.15) is 0 Å². The summed E-state index contributed by atoms with van der Waals surface area (Å²) in [6.07, 6.45) is 0.720. The van der Waals surface area contributed by atoms with Gasteiger partial charge in [0.25, 0.3) is 0 Å². The molecule has 0 N–H and O–H groups in total. The molecule has 1 aromatic heterocycles. The van der Waals surface area contributed by atoms with Gasteiger partial charge in [-0.05, 0) is 42.8 Å². The first-order chi connectivity index (χ1) is 13.0. The molecule has 0 saturated carbocycles. The normalized spacial score (nSPS) is 10.7. The second-order valence-electron chi connectivity index (χ2n) is 5.87. The third kappa shape index (κ3) is 4.28. The van der Waals surface area contributed by atoms with Crippen molar-refractivity contribution in [2.75, 3.05) is 23.4 Å². The van der Waals surface area contributed by atoms with E-state index in [1.54, 1.807) is 19.2 Å². The highest BCUT2D eigenvalue weighted by molar-refractivity contribution is 7.18. The second-order valence-corrected chi connectivity index (χ2v) is 6.83. The minimum absolute atomic E-state index is 0.301. The fraction of sp³-hybridized carbons (Fsp3) is 0.211. The molecule has 0 fully saturated rings. The van der Waals surface area contributed by atoms with Gasteiger partial charge >= 0.3 is 6.03 Å². The Morgan fingerprint density at radius 3 is 2.48 bits per heavy atom. The number of urea groups is 1. The molecule has 0 aliphatic carbocycles. The zero-order valence-electron chi connectivity index (χ0n) is 14.9. The second kappa shape index (κ2) is 8.22. The number of nitrogens with zero attached hydrogens (tertiary/aromatic N) is 4. The van der Waals surface area contributed by atoms with Crippen LogP contribution in [-0.2, 0) is 0 Å². The van der Waals surface area contributed by atoms with Crippen LogP contribution in [0.3, 0.4) is 0 Å². The molecule has 5 nitrogen and oxygen atoms in total. The molecular formula is C19H18F2N4OS. The first-order valence-electron chi connectivity index (χ1n) is 8.40. The van der Waals surface area contributed by atoms with Crippen molar-refractivity contribution in [3.05, 3.63) is 60.2 Å². The van der Waals surface area contributed by atoms with Crippen molar-refractivity contribution < 1.29 is 13.6 Å². The molecule has 0 bridgehead atoms. The summed E-state index contributed by atoms with van der Waals surface area (Å²) < 4.78 is 26.6. The van der Waals surface area contributed by atoms with Crippen LogP contribution in [0.15, 0.2) is 48.5 Å². The maximum Gasteiger partial charge on any atom is 0.330 e. The van der Waals surface area contributed by atoms with Gasteiger partial charge in [-0.25, -0.2) is 13.6 Å². The molecule has 3 aromatic rings. The summed E-state index contributed by atoms with van der Waals surface area (Å²) in [5.74, 6) is -0.726. The maximum atomic E-state index is 13.4. The van der Waals surface area contributed by atoms with Crippen LogP contribution in [0.5, 0.6) is 0 Å². The van der Waals surface area contributed by atoms with Gasteiger partial charge < -0.3 is 0 Å². The van der Waals surface area contributed by atoms with Crippen LogP contribution in [-0.4, -0.2) is 29.8 Å². The van der Waals surface area contributed by atoms with Gasteiger partial charge in [0.15, 0.2) is 0 Å². The third-order valence-corrected chi connectivity index (χ3v) is 4.89. The number of carbonyl (C=O) groups is 1. The third-order valence-electron chi connectivity index (χ3n) is 3.90. The topological polar surface area (TPSA) is 49.3 Å². The van der Waals surface area contributed by atoms with E-state index in [4.69, 9.17) is 0 Å². The molecule has 8 heteroatoms. The molecule has 3 rings (SSSR count). The molecule has 0 atom stereocenters. The monoisotopic (exact) mass is 388 g/mol. The number of carbonyl (C=O) groups excluding carboxylic acids is 1. The Balaban J connectivity index is 1.87. The van der Waals surface area contributed by atoms with Crippen molar-refractivity contribution in [2.24, 2.45) is 0 Å². The zero-order valence-corrected chi connectivity index (χ0v) is 15.7. The Bertz CT molecular complexity index is 929. The largest absolute Gasteiger partial charge is 0.330 e. The van der Waals surface area contributed by atoms with E-state index in [1.807, 2.05) is 6.92 Å². The summed E-state index contributed by atoms with van der Waals surface area (Å²) in [5, 5.41) is 9.17. The Hall–Kier alpha value is -2.87. The summed E-state index contributed by atoms with van der Waals surface area (Å²) in [4.78, 5) is 15.9. The van der Waals surface area contributed by atoms with Crippen molar-refractivity contribution in [2.45, 2.75) is 13.3 Å². The lowest BCUT2D eigenvalue weighted by atomic mass is 10.2. The van der Waals surface area contributed by atoms with E-state index in [0.29, 0.717) is 27.9 Å². The van der Waals surface area contributed by atoms with Crippen molar-refractivity contribution in [3.8, 4) is 10.6 Å². The molecule has 140 valence electrons. The van der Waals surface area contributed by atoms with Crippen molar-refractivity contribution >= 4 is 28.2 Å². The minimum atomic E-state index is -0.367. The molecule has 2 amide bonds. The molecule has 2 aromatic carbocycles. The zero-order chi connectivity index (χ0) is 19.4. The highest BCUT2D eigenvalue weighted by Gasteiger charge is 2.24. The first-order valence-corrected chi connectivity index (χ1v) is 9.21. The van der Waals surface area contributed by atoms with Crippen molar-refractivity contribution in [3.63, 3.8) is 0 Å². The fourth-order valence-electron chi connectivity index (χ4n) is 2.52. The van der Waals surface area contributed by atoms with Gasteiger partial charge in [-0.3, -0.25) is 9.80 Å². The van der Waals surface area contributed by atoms with E-state index in [0.717, 1.165) is 6.42 Å². The lowest BCUT2D eigenvalue weighted by Crippen LogP contribution is -2.42. The number of hydrogen-bond donors (Lipinski definition) is 0. The lowest BCUT2D eigenvalue weighted by Gasteiger charge is -2.25. The van der Waals surface area contributed by atoms with E-state index in [1.165, 1.54) is 57.5 Å². The van der Waals surface area contributed by atoms with Gasteiger partial charge in [-0.15, -0.1) is 10.2 Å². The van der Waals surface area contributed by atoms with E-state index in [2.05, 4.69) is 10.2 Å². The van der Waals surface area contributed by atoms with Crippen LogP contribution in [0.25, 0.3) is 10.6 Å². The summed E-state index contributed by atoms with van der Waals surface area (Å²) in [6, 6.07) is 11.5. The van der Waals surface area contributed by atoms with Crippen molar-refractivity contribution in [1.82, 2.24) is 10.2 Å². The summed E-state index contributed by atoms with van der Waals surface area (Å²) in [5.41, 5.74) is 1.17. The standard InChI is InChI=1S/C19H18F2N4OS/c1-3-11-25(19(26)24(2)16-9-7-14(20)8-10-16)18-23-22-17(27-18)13-5-4-6-15(21)12-13/h4-10,12H,3,11H2,1-2H3. The minimum Gasteiger partial charge on any atom is -0.297 e. The smallest absolute Gasteiger partial charge is 0.297 e. The average Bonchev–Trinajstić information content (AvgIpc) is 3.15. The quantitative estimate of drug-likeness (QED) is 0.621. The molecule has 0 radical (unpaired) electrons. The molecule has 0 aliphatic rings. The van der Waals surface area contributed by atoms with Crippen LogP contribution in [0, 0.1) is 11.6 Å². The fourth-order valence-corrected chi connectivity index (χ4v) is 3.38. The number of hydrogen-bond acceptors (Lipinski definition) is 4. The van der Waals surface area contributed by atoms with Crippen molar-refractivity contribution in [1.29, 1.82) is 0 Å². The predicted octanol–water partition coefficient (Wildman–Crippen LogP) is 4.96. The van der Waals surface area contributed by atoms with Gasteiger partial charge in [-0.1, -0.05) is 30.4 Å². The number of aromatic nitrogens is 2. The highest BCUT2D eigenvalue weighted by atomic mass is 32.1. The SMILES string of the molecule is CCCN(C(=O)N(C)c1ccc(F)cc1)c1nnc(-c2cccc(F)c2)s1.